The Balaban J connectivity index is 1.86. The molecule has 0 aliphatic heterocycles. The lowest BCUT2D eigenvalue weighted by atomic mass is 10.2. The van der Waals surface area contributed by atoms with Crippen molar-refractivity contribution < 1.29 is 4.79 Å². The van der Waals surface area contributed by atoms with Gasteiger partial charge < -0.3 is 9.47 Å². The molecule has 24 heavy (non-hydrogen) atoms. The van der Waals surface area contributed by atoms with Crippen LogP contribution in [-0.2, 0) is 13.6 Å². The highest BCUT2D eigenvalue weighted by molar-refractivity contribution is 6.32. The number of aromatic nitrogens is 5. The van der Waals surface area contributed by atoms with Gasteiger partial charge in [-0.2, -0.15) is 0 Å². The molecule has 3 rings (SSSR count). The van der Waals surface area contributed by atoms with E-state index in [0.717, 1.165) is 5.82 Å². The van der Waals surface area contributed by atoms with Crippen LogP contribution in [0.2, 0.25) is 5.02 Å². The van der Waals surface area contributed by atoms with Gasteiger partial charge in [-0.1, -0.05) is 28.9 Å². The summed E-state index contributed by atoms with van der Waals surface area (Å²) < 4.78 is 3.45. The lowest BCUT2D eigenvalue weighted by molar-refractivity contribution is 0.0774. The second kappa shape index (κ2) is 6.45. The molecule has 0 fully saturated rings. The van der Waals surface area contributed by atoms with Crippen LogP contribution in [0, 0.1) is 6.92 Å². The molecule has 8 heteroatoms. The average molecular weight is 345 g/mol. The molecule has 0 bridgehead atoms. The number of nitrogens with zero attached hydrogens (tertiary/aromatic N) is 6. The van der Waals surface area contributed by atoms with Crippen LogP contribution in [0.4, 0.5) is 0 Å². The molecule has 124 valence electrons. The van der Waals surface area contributed by atoms with Gasteiger partial charge in [0.1, 0.15) is 5.82 Å². The molecule has 7 nitrogen and oxygen atoms in total. The number of hydrogen-bond donors (Lipinski definition) is 0. The molecular weight excluding hydrogens is 328 g/mol. The maximum atomic E-state index is 12.7. The van der Waals surface area contributed by atoms with E-state index in [-0.39, 0.29) is 5.91 Å². The summed E-state index contributed by atoms with van der Waals surface area (Å²) in [6.07, 6.45) is 3.54. The summed E-state index contributed by atoms with van der Waals surface area (Å²) >= 11 is 6.20. The molecule has 2 aromatic heterocycles. The molecule has 1 aromatic carbocycles. The van der Waals surface area contributed by atoms with E-state index in [0.29, 0.717) is 28.6 Å². The quantitative estimate of drug-likeness (QED) is 0.727. The second-order valence-corrected chi connectivity index (χ2v) is 5.91. The molecule has 2 heterocycles. The van der Waals surface area contributed by atoms with E-state index in [9.17, 15) is 4.79 Å². The van der Waals surface area contributed by atoms with E-state index in [1.165, 1.54) is 0 Å². The van der Waals surface area contributed by atoms with Gasteiger partial charge in [0, 0.05) is 26.5 Å². The summed E-state index contributed by atoms with van der Waals surface area (Å²) in [4.78, 5) is 18.5. The summed E-state index contributed by atoms with van der Waals surface area (Å²) in [5.41, 5.74) is 1.63. The zero-order valence-electron chi connectivity index (χ0n) is 13.6. The molecule has 0 atom stereocenters. The molecule has 0 unspecified atom stereocenters. The fourth-order valence-corrected chi connectivity index (χ4v) is 2.61. The van der Waals surface area contributed by atoms with Gasteiger partial charge in [0.15, 0.2) is 5.69 Å². The summed E-state index contributed by atoms with van der Waals surface area (Å²) in [5.74, 6) is 0.579. The van der Waals surface area contributed by atoms with Gasteiger partial charge in [0.2, 0.25) is 0 Å². The van der Waals surface area contributed by atoms with Crippen LogP contribution in [0.15, 0.2) is 36.7 Å². The maximum Gasteiger partial charge on any atom is 0.276 e. The van der Waals surface area contributed by atoms with Gasteiger partial charge in [0.25, 0.3) is 5.91 Å². The van der Waals surface area contributed by atoms with E-state index in [1.807, 2.05) is 36.0 Å². The van der Waals surface area contributed by atoms with E-state index < -0.39 is 0 Å². The smallest absolute Gasteiger partial charge is 0.276 e. The van der Waals surface area contributed by atoms with Crippen molar-refractivity contribution >= 4 is 17.5 Å². The minimum atomic E-state index is -0.214. The normalized spacial score (nSPS) is 10.8. The Morgan fingerprint density at radius 1 is 1.33 bits per heavy atom. The van der Waals surface area contributed by atoms with E-state index in [4.69, 9.17) is 11.6 Å². The number of para-hydroxylation sites is 1. The first-order valence-electron chi connectivity index (χ1n) is 7.38. The largest absolute Gasteiger partial charge is 0.337 e. The van der Waals surface area contributed by atoms with Crippen LogP contribution in [0.25, 0.3) is 5.69 Å². The Morgan fingerprint density at radius 2 is 2.08 bits per heavy atom. The summed E-state index contributed by atoms with van der Waals surface area (Å²) in [5, 5.41) is 8.67. The van der Waals surface area contributed by atoms with Crippen molar-refractivity contribution in [2.45, 2.75) is 13.5 Å². The predicted molar refractivity (Wildman–Crippen MR) is 90.1 cm³/mol. The molecule has 0 saturated carbocycles. The first-order valence-corrected chi connectivity index (χ1v) is 7.75. The van der Waals surface area contributed by atoms with E-state index in [2.05, 4.69) is 15.3 Å². The molecule has 0 N–H and O–H groups in total. The fraction of sp³-hybridized carbons (Fsp3) is 0.250. The molecule has 1 amide bonds. The minimum absolute atomic E-state index is 0.214. The summed E-state index contributed by atoms with van der Waals surface area (Å²) in [6, 6.07) is 7.30. The van der Waals surface area contributed by atoms with Crippen molar-refractivity contribution in [2.24, 2.45) is 7.05 Å². The lowest BCUT2D eigenvalue weighted by Crippen LogP contribution is -2.28. The Morgan fingerprint density at radius 3 is 2.75 bits per heavy atom. The van der Waals surface area contributed by atoms with Crippen LogP contribution in [0.3, 0.4) is 0 Å². The van der Waals surface area contributed by atoms with Crippen molar-refractivity contribution in [1.82, 2.24) is 29.4 Å². The third-order valence-corrected chi connectivity index (χ3v) is 4.14. The molecular formula is C16H17ClN6O. The Bertz CT molecular complexity index is 884. The van der Waals surface area contributed by atoms with Crippen molar-refractivity contribution in [3.63, 3.8) is 0 Å². The molecule has 0 spiro atoms. The van der Waals surface area contributed by atoms with Gasteiger partial charge in [-0.15, -0.1) is 5.10 Å². The van der Waals surface area contributed by atoms with E-state index >= 15 is 0 Å². The van der Waals surface area contributed by atoms with Gasteiger partial charge in [-0.05, 0) is 19.1 Å². The third kappa shape index (κ3) is 2.90. The van der Waals surface area contributed by atoms with Gasteiger partial charge >= 0.3 is 0 Å². The fourth-order valence-electron chi connectivity index (χ4n) is 2.39. The minimum Gasteiger partial charge on any atom is -0.337 e. The van der Waals surface area contributed by atoms with Gasteiger partial charge in [0.05, 0.1) is 22.9 Å². The molecule has 0 aliphatic carbocycles. The summed E-state index contributed by atoms with van der Waals surface area (Å²) in [6.45, 7) is 2.19. The van der Waals surface area contributed by atoms with Crippen molar-refractivity contribution in [2.75, 3.05) is 7.05 Å². The summed E-state index contributed by atoms with van der Waals surface area (Å²) in [7, 11) is 3.60. The standard InChI is InChI=1S/C16H17ClN6O/c1-11-15(16(24)22(3)10-14-18-8-9-21(14)2)19-20-23(11)13-7-5-4-6-12(13)17/h4-9H,10H2,1-3H3. The first-order chi connectivity index (χ1) is 11.5. The van der Waals surface area contributed by atoms with Crippen LogP contribution >= 0.6 is 11.6 Å². The van der Waals surface area contributed by atoms with Crippen molar-refractivity contribution in [1.29, 1.82) is 0 Å². The SMILES string of the molecule is Cc1c(C(=O)N(C)Cc2nccn2C)nnn1-c1ccccc1Cl. The molecule has 0 aliphatic rings. The van der Waals surface area contributed by atoms with Gasteiger partial charge in [-0.3, -0.25) is 4.79 Å². The van der Waals surface area contributed by atoms with Crippen LogP contribution in [0.1, 0.15) is 22.0 Å². The maximum absolute atomic E-state index is 12.7. The number of amides is 1. The number of carbonyl (C=O) groups excluding carboxylic acids is 1. The number of halogens is 1. The highest BCUT2D eigenvalue weighted by Crippen LogP contribution is 2.21. The van der Waals surface area contributed by atoms with Crippen molar-refractivity contribution in [3.8, 4) is 5.69 Å². The number of rotatable bonds is 4. The van der Waals surface area contributed by atoms with Crippen LogP contribution in [0.5, 0.6) is 0 Å². The topological polar surface area (TPSA) is 68.8 Å². The zero-order chi connectivity index (χ0) is 17.3. The highest BCUT2D eigenvalue weighted by Gasteiger charge is 2.22. The van der Waals surface area contributed by atoms with Gasteiger partial charge in [-0.25, -0.2) is 9.67 Å². The molecule has 0 radical (unpaired) electrons. The predicted octanol–water partition coefficient (Wildman–Crippen LogP) is 2.23. The number of hydrogen-bond acceptors (Lipinski definition) is 4. The second-order valence-electron chi connectivity index (χ2n) is 5.50. The third-order valence-electron chi connectivity index (χ3n) is 3.82. The molecule has 0 saturated heterocycles. The van der Waals surface area contributed by atoms with Crippen molar-refractivity contribution in [3.05, 3.63) is 58.9 Å². The number of carbonyl (C=O) groups is 1. The van der Waals surface area contributed by atoms with Crippen LogP contribution in [-0.4, -0.2) is 42.4 Å². The number of imidazole rings is 1. The monoisotopic (exact) mass is 344 g/mol. The van der Waals surface area contributed by atoms with E-state index in [1.54, 1.807) is 35.8 Å². The first kappa shape index (κ1) is 16.2. The molecule has 3 aromatic rings. The Kier molecular flexibility index (Phi) is 4.35. The number of aryl methyl sites for hydroxylation is 1. The lowest BCUT2D eigenvalue weighted by Gasteiger charge is -2.16. The average Bonchev–Trinajstić information content (AvgIpc) is 3.13. The Labute approximate surface area is 144 Å². The Hall–Kier alpha value is -2.67. The zero-order valence-corrected chi connectivity index (χ0v) is 14.4. The van der Waals surface area contributed by atoms with Crippen LogP contribution < -0.4 is 0 Å². The highest BCUT2D eigenvalue weighted by atomic mass is 35.5. The number of benzene rings is 1.